The van der Waals surface area contributed by atoms with Gasteiger partial charge in [-0.1, -0.05) is 60.7 Å². The highest BCUT2D eigenvalue weighted by Gasteiger charge is 2.22. The van der Waals surface area contributed by atoms with Gasteiger partial charge in [0.05, 0.1) is 18.2 Å². The maximum absolute atomic E-state index is 10.6. The summed E-state index contributed by atoms with van der Waals surface area (Å²) in [5.41, 5.74) is 1.86. The fourth-order valence-electron chi connectivity index (χ4n) is 2.21. The molecule has 2 aromatic carbocycles. The second-order valence-corrected chi connectivity index (χ2v) is 5.00. The maximum atomic E-state index is 10.6. The smallest absolute Gasteiger partial charge is 0.0984 e. The Kier molecular flexibility index (Phi) is 5.30. The third-order valence-corrected chi connectivity index (χ3v) is 3.25. The quantitative estimate of drug-likeness (QED) is 0.756. The van der Waals surface area contributed by atoms with Crippen LogP contribution < -0.4 is 5.32 Å². The number of hydrogen-bond donors (Lipinski definition) is 3. The molecule has 20 heavy (non-hydrogen) atoms. The van der Waals surface area contributed by atoms with E-state index >= 15 is 0 Å². The highest BCUT2D eigenvalue weighted by Crippen LogP contribution is 2.28. The Bertz CT molecular complexity index is 499. The predicted octanol–water partition coefficient (Wildman–Crippen LogP) is 2.43. The molecule has 3 heteroatoms. The average molecular weight is 271 g/mol. The van der Waals surface area contributed by atoms with Gasteiger partial charge in [-0.2, -0.15) is 0 Å². The van der Waals surface area contributed by atoms with E-state index in [0.717, 1.165) is 11.1 Å². The summed E-state index contributed by atoms with van der Waals surface area (Å²) in [4.78, 5) is 0. The molecule has 0 aromatic heterocycles. The number of hydrogen-bond acceptors (Lipinski definition) is 3. The molecule has 0 aliphatic carbocycles. The molecule has 0 bridgehead atoms. The van der Waals surface area contributed by atoms with E-state index in [2.05, 4.69) is 5.32 Å². The second-order valence-electron chi connectivity index (χ2n) is 5.00. The lowest BCUT2D eigenvalue weighted by Crippen LogP contribution is -2.32. The fraction of sp³-hybridized carbons (Fsp3) is 0.294. The molecular weight excluding hydrogens is 250 g/mol. The Morgan fingerprint density at radius 1 is 0.850 bits per heavy atom. The van der Waals surface area contributed by atoms with Gasteiger partial charge in [-0.3, -0.25) is 0 Å². The highest BCUT2D eigenvalue weighted by atomic mass is 16.3. The van der Waals surface area contributed by atoms with Crippen LogP contribution in [0.4, 0.5) is 0 Å². The first kappa shape index (κ1) is 14.7. The van der Waals surface area contributed by atoms with Crippen molar-refractivity contribution in [1.29, 1.82) is 0 Å². The normalized spacial score (nSPS) is 15.6. The summed E-state index contributed by atoms with van der Waals surface area (Å²) in [6.45, 7) is 2.16. The van der Waals surface area contributed by atoms with Crippen molar-refractivity contribution in [3.05, 3.63) is 71.8 Å². The summed E-state index contributed by atoms with van der Waals surface area (Å²) >= 11 is 0. The predicted molar refractivity (Wildman–Crippen MR) is 80.3 cm³/mol. The van der Waals surface area contributed by atoms with E-state index in [9.17, 15) is 10.2 Å². The molecule has 0 saturated heterocycles. The van der Waals surface area contributed by atoms with Crippen molar-refractivity contribution in [2.45, 2.75) is 25.2 Å². The lowest BCUT2D eigenvalue weighted by molar-refractivity contribution is 0.114. The zero-order valence-electron chi connectivity index (χ0n) is 11.6. The van der Waals surface area contributed by atoms with Crippen molar-refractivity contribution in [1.82, 2.24) is 5.32 Å². The Hall–Kier alpha value is -1.68. The summed E-state index contributed by atoms with van der Waals surface area (Å²) in [6, 6.07) is 19.1. The van der Waals surface area contributed by atoms with Crippen LogP contribution in [0.5, 0.6) is 0 Å². The lowest BCUT2D eigenvalue weighted by atomic mass is 9.95. The first-order valence-electron chi connectivity index (χ1n) is 6.88. The van der Waals surface area contributed by atoms with E-state index in [0.29, 0.717) is 6.54 Å². The van der Waals surface area contributed by atoms with Gasteiger partial charge >= 0.3 is 0 Å². The minimum absolute atomic E-state index is 0.242. The number of benzene rings is 2. The first-order chi connectivity index (χ1) is 9.68. The van der Waals surface area contributed by atoms with Crippen LogP contribution in [0.15, 0.2) is 60.7 Å². The van der Waals surface area contributed by atoms with Crippen molar-refractivity contribution in [3.63, 3.8) is 0 Å². The first-order valence-corrected chi connectivity index (χ1v) is 6.88. The summed E-state index contributed by atoms with van der Waals surface area (Å²) < 4.78 is 0. The van der Waals surface area contributed by atoms with Crippen molar-refractivity contribution in [2.75, 3.05) is 6.54 Å². The molecule has 2 aromatic rings. The molecule has 0 aliphatic rings. The molecule has 2 rings (SSSR count). The van der Waals surface area contributed by atoms with E-state index < -0.39 is 12.2 Å². The lowest BCUT2D eigenvalue weighted by Gasteiger charge is -2.25. The SMILES string of the molecule is CC(O)CNC(c1ccccc1)C(O)c1ccccc1. The largest absolute Gasteiger partial charge is 0.392 e. The molecule has 106 valence electrons. The number of aliphatic hydroxyl groups excluding tert-OH is 2. The van der Waals surface area contributed by atoms with Crippen LogP contribution in [-0.4, -0.2) is 22.9 Å². The number of nitrogens with one attached hydrogen (secondary N) is 1. The van der Waals surface area contributed by atoms with Crippen molar-refractivity contribution >= 4 is 0 Å². The van der Waals surface area contributed by atoms with E-state index in [-0.39, 0.29) is 6.04 Å². The van der Waals surface area contributed by atoms with E-state index in [1.54, 1.807) is 6.92 Å². The molecule has 3 unspecified atom stereocenters. The summed E-state index contributed by atoms with van der Waals surface area (Å²) in [7, 11) is 0. The topological polar surface area (TPSA) is 52.5 Å². The molecule has 0 fully saturated rings. The van der Waals surface area contributed by atoms with Crippen LogP contribution in [0, 0.1) is 0 Å². The van der Waals surface area contributed by atoms with Crippen LogP contribution in [0.2, 0.25) is 0 Å². The fourth-order valence-corrected chi connectivity index (χ4v) is 2.21. The second kappa shape index (κ2) is 7.20. The summed E-state index contributed by atoms with van der Waals surface area (Å²) in [6.07, 6.45) is -1.11. The highest BCUT2D eigenvalue weighted by molar-refractivity contribution is 5.26. The standard InChI is InChI=1S/C17H21NO2/c1-13(19)12-18-16(14-8-4-2-5-9-14)17(20)15-10-6-3-7-11-15/h2-11,13,16-20H,12H2,1H3. The zero-order valence-corrected chi connectivity index (χ0v) is 11.6. The van der Waals surface area contributed by atoms with Crippen LogP contribution in [-0.2, 0) is 0 Å². The summed E-state index contributed by atoms with van der Waals surface area (Å²) in [5, 5.41) is 23.3. The third kappa shape index (κ3) is 3.90. The molecule has 0 amide bonds. The van der Waals surface area contributed by atoms with Gasteiger partial charge < -0.3 is 15.5 Å². The monoisotopic (exact) mass is 271 g/mol. The summed E-state index contributed by atoms with van der Waals surface area (Å²) in [5.74, 6) is 0. The molecule has 0 radical (unpaired) electrons. The maximum Gasteiger partial charge on any atom is 0.0984 e. The average Bonchev–Trinajstić information content (AvgIpc) is 2.49. The Labute approximate surface area is 119 Å². The minimum Gasteiger partial charge on any atom is -0.392 e. The van der Waals surface area contributed by atoms with Crippen molar-refractivity contribution in [3.8, 4) is 0 Å². The Morgan fingerprint density at radius 2 is 1.35 bits per heavy atom. The van der Waals surface area contributed by atoms with Gasteiger partial charge in [0.25, 0.3) is 0 Å². The van der Waals surface area contributed by atoms with Gasteiger partial charge in [-0.25, -0.2) is 0 Å². The van der Waals surface area contributed by atoms with Crippen molar-refractivity contribution in [2.24, 2.45) is 0 Å². The number of aliphatic hydroxyl groups is 2. The van der Waals surface area contributed by atoms with Crippen molar-refractivity contribution < 1.29 is 10.2 Å². The zero-order chi connectivity index (χ0) is 14.4. The van der Waals surface area contributed by atoms with Crippen LogP contribution in [0.1, 0.15) is 30.2 Å². The molecular formula is C17H21NO2. The van der Waals surface area contributed by atoms with E-state index in [4.69, 9.17) is 0 Å². The molecule has 3 atom stereocenters. The molecule has 3 nitrogen and oxygen atoms in total. The van der Waals surface area contributed by atoms with Gasteiger partial charge in [0.1, 0.15) is 0 Å². The van der Waals surface area contributed by atoms with Crippen LogP contribution in [0.3, 0.4) is 0 Å². The van der Waals surface area contributed by atoms with Gasteiger partial charge in [0.15, 0.2) is 0 Å². The van der Waals surface area contributed by atoms with Crippen LogP contribution in [0.25, 0.3) is 0 Å². The van der Waals surface area contributed by atoms with Gasteiger partial charge in [0, 0.05) is 6.54 Å². The van der Waals surface area contributed by atoms with E-state index in [1.807, 2.05) is 60.7 Å². The molecule has 0 spiro atoms. The molecule has 0 saturated carbocycles. The Balaban J connectivity index is 2.22. The van der Waals surface area contributed by atoms with Gasteiger partial charge in [-0.15, -0.1) is 0 Å². The minimum atomic E-state index is -0.655. The molecule has 0 heterocycles. The van der Waals surface area contributed by atoms with Crippen LogP contribution >= 0.6 is 0 Å². The Morgan fingerprint density at radius 3 is 1.85 bits per heavy atom. The molecule has 3 N–H and O–H groups in total. The van der Waals surface area contributed by atoms with Gasteiger partial charge in [0.2, 0.25) is 0 Å². The molecule has 0 aliphatic heterocycles. The number of rotatable bonds is 6. The van der Waals surface area contributed by atoms with E-state index in [1.165, 1.54) is 0 Å². The third-order valence-electron chi connectivity index (χ3n) is 3.25. The van der Waals surface area contributed by atoms with Gasteiger partial charge in [-0.05, 0) is 18.1 Å².